The molecule has 0 fully saturated rings. The normalized spacial score (nSPS) is 14.0. The second-order valence-electron chi connectivity index (χ2n) is 4.25. The first kappa shape index (κ1) is 16.2. The lowest BCUT2D eigenvalue weighted by Gasteiger charge is -2.19. The van der Waals surface area contributed by atoms with E-state index in [0.717, 1.165) is 6.08 Å². The number of hydrogen-bond donors (Lipinski definition) is 4. The van der Waals surface area contributed by atoms with Crippen LogP contribution < -0.4 is 10.2 Å². The zero-order chi connectivity index (χ0) is 15.0. The molecule has 1 rings (SSSR count). The van der Waals surface area contributed by atoms with Crippen molar-refractivity contribution in [2.24, 2.45) is 5.92 Å². The van der Waals surface area contributed by atoms with Gasteiger partial charge in [0.25, 0.3) is 5.91 Å². The van der Waals surface area contributed by atoms with Gasteiger partial charge in [-0.3, -0.25) is 10.0 Å². The van der Waals surface area contributed by atoms with Crippen molar-refractivity contribution in [2.75, 3.05) is 13.2 Å². The molecule has 0 unspecified atom stereocenters. The van der Waals surface area contributed by atoms with Crippen molar-refractivity contribution in [3.63, 3.8) is 0 Å². The maximum Gasteiger partial charge on any atom is 0.267 e. The van der Waals surface area contributed by atoms with E-state index >= 15 is 0 Å². The van der Waals surface area contributed by atoms with E-state index in [9.17, 15) is 9.90 Å². The molecule has 0 aliphatic rings. The number of aliphatic hydroxyl groups excluding tert-OH is 2. The first-order valence-corrected chi connectivity index (χ1v) is 6.23. The van der Waals surface area contributed by atoms with Gasteiger partial charge in [-0.15, -0.1) is 0 Å². The number of ether oxygens (including phenoxy) is 1. The Kier molecular flexibility index (Phi) is 6.72. The maximum atomic E-state index is 10.9. The lowest BCUT2D eigenvalue weighted by Crippen LogP contribution is -2.16. The molecule has 2 atom stereocenters. The molecule has 6 heteroatoms. The van der Waals surface area contributed by atoms with Crippen LogP contribution in [-0.4, -0.2) is 34.5 Å². The quantitative estimate of drug-likeness (QED) is 0.336. The van der Waals surface area contributed by atoms with Crippen LogP contribution >= 0.6 is 0 Å². The van der Waals surface area contributed by atoms with Gasteiger partial charge in [0.1, 0.15) is 12.4 Å². The SMILES string of the molecule is C[C@@H](/C=C/C(=O)NO)[C@@H](O)c1ccccc1OCCO. The topological polar surface area (TPSA) is 99.0 Å². The fourth-order valence-corrected chi connectivity index (χ4v) is 1.68. The average molecular weight is 281 g/mol. The van der Waals surface area contributed by atoms with Crippen molar-refractivity contribution in [3.05, 3.63) is 42.0 Å². The Bertz CT molecular complexity index is 461. The third-order valence-corrected chi connectivity index (χ3v) is 2.75. The highest BCUT2D eigenvalue weighted by Gasteiger charge is 2.18. The molecule has 1 aromatic carbocycles. The maximum absolute atomic E-state index is 10.9. The van der Waals surface area contributed by atoms with E-state index in [2.05, 4.69) is 0 Å². The fraction of sp³-hybridized carbons (Fsp3) is 0.357. The highest BCUT2D eigenvalue weighted by Crippen LogP contribution is 2.30. The summed E-state index contributed by atoms with van der Waals surface area (Å²) in [6, 6.07) is 6.95. The first-order chi connectivity index (χ1) is 9.60. The summed E-state index contributed by atoms with van der Waals surface area (Å²) in [5.74, 6) is -0.527. The number of rotatable bonds is 7. The highest BCUT2D eigenvalue weighted by molar-refractivity contribution is 5.86. The van der Waals surface area contributed by atoms with E-state index < -0.39 is 12.0 Å². The van der Waals surface area contributed by atoms with Gasteiger partial charge in [0.15, 0.2) is 0 Å². The van der Waals surface area contributed by atoms with E-state index in [1.165, 1.54) is 11.6 Å². The number of benzene rings is 1. The molecule has 0 aromatic heterocycles. The Labute approximate surface area is 117 Å². The van der Waals surface area contributed by atoms with Gasteiger partial charge in [-0.1, -0.05) is 31.2 Å². The number of amides is 1. The molecule has 0 aliphatic carbocycles. The van der Waals surface area contributed by atoms with E-state index in [-0.39, 0.29) is 19.1 Å². The van der Waals surface area contributed by atoms with E-state index in [4.69, 9.17) is 15.1 Å². The van der Waals surface area contributed by atoms with E-state index in [1.54, 1.807) is 31.2 Å². The molecular formula is C14H19NO5. The van der Waals surface area contributed by atoms with Crippen molar-refractivity contribution in [2.45, 2.75) is 13.0 Å². The van der Waals surface area contributed by atoms with Crippen molar-refractivity contribution in [1.82, 2.24) is 5.48 Å². The molecule has 4 N–H and O–H groups in total. The third-order valence-electron chi connectivity index (χ3n) is 2.75. The van der Waals surface area contributed by atoms with Crippen LogP contribution in [0.25, 0.3) is 0 Å². The van der Waals surface area contributed by atoms with Gasteiger partial charge in [-0.25, -0.2) is 5.48 Å². The summed E-state index contributed by atoms with van der Waals surface area (Å²) in [4.78, 5) is 10.9. The number of hydroxylamine groups is 1. The number of nitrogens with one attached hydrogen (secondary N) is 1. The number of para-hydroxylation sites is 1. The molecular weight excluding hydrogens is 262 g/mol. The van der Waals surface area contributed by atoms with Gasteiger partial charge in [0.2, 0.25) is 0 Å². The lowest BCUT2D eigenvalue weighted by atomic mass is 9.96. The summed E-state index contributed by atoms with van der Waals surface area (Å²) in [6.45, 7) is 1.76. The highest BCUT2D eigenvalue weighted by atomic mass is 16.5. The summed E-state index contributed by atoms with van der Waals surface area (Å²) < 4.78 is 5.35. The molecule has 6 nitrogen and oxygen atoms in total. The Hall–Kier alpha value is -1.89. The largest absolute Gasteiger partial charge is 0.491 e. The van der Waals surface area contributed by atoms with Crippen LogP contribution in [0.3, 0.4) is 0 Å². The van der Waals surface area contributed by atoms with Crippen molar-refractivity contribution >= 4 is 5.91 Å². The van der Waals surface area contributed by atoms with Gasteiger partial charge >= 0.3 is 0 Å². The standard InChI is InChI=1S/C14H19NO5/c1-10(6-7-13(17)15-19)14(18)11-4-2-3-5-12(11)20-9-8-16/h2-7,10,14,16,18-19H,8-9H2,1H3,(H,15,17)/b7-6+/t10-,14+/m0/s1. The molecule has 20 heavy (non-hydrogen) atoms. The molecule has 0 radical (unpaired) electrons. The summed E-state index contributed by atoms with van der Waals surface area (Å²) in [6.07, 6.45) is 1.76. The zero-order valence-corrected chi connectivity index (χ0v) is 11.2. The van der Waals surface area contributed by atoms with E-state index in [1.807, 2.05) is 0 Å². The fourth-order valence-electron chi connectivity index (χ4n) is 1.68. The first-order valence-electron chi connectivity index (χ1n) is 6.23. The van der Waals surface area contributed by atoms with Crippen LogP contribution in [0, 0.1) is 5.92 Å². The molecule has 0 aliphatic heterocycles. The second kappa shape index (κ2) is 8.31. The summed E-state index contributed by atoms with van der Waals surface area (Å²) >= 11 is 0. The average Bonchev–Trinajstić information content (AvgIpc) is 2.49. The minimum absolute atomic E-state index is 0.115. The van der Waals surface area contributed by atoms with Gasteiger partial charge in [0.05, 0.1) is 12.7 Å². The molecule has 0 heterocycles. The van der Waals surface area contributed by atoms with Gasteiger partial charge in [-0.2, -0.15) is 0 Å². The predicted molar refractivity (Wildman–Crippen MR) is 72.2 cm³/mol. The molecule has 1 aromatic rings. The second-order valence-corrected chi connectivity index (χ2v) is 4.25. The Morgan fingerprint density at radius 1 is 1.45 bits per heavy atom. The number of hydrogen-bond acceptors (Lipinski definition) is 5. The van der Waals surface area contributed by atoms with Gasteiger partial charge < -0.3 is 14.9 Å². The van der Waals surface area contributed by atoms with Crippen LogP contribution in [0.15, 0.2) is 36.4 Å². The molecule has 0 saturated heterocycles. The zero-order valence-electron chi connectivity index (χ0n) is 11.2. The van der Waals surface area contributed by atoms with Crippen LogP contribution in [-0.2, 0) is 4.79 Å². The molecule has 0 saturated carbocycles. The minimum atomic E-state index is -0.868. The minimum Gasteiger partial charge on any atom is -0.491 e. The van der Waals surface area contributed by atoms with Crippen LogP contribution in [0.1, 0.15) is 18.6 Å². The van der Waals surface area contributed by atoms with Crippen molar-refractivity contribution in [3.8, 4) is 5.75 Å². The molecule has 1 amide bonds. The summed E-state index contributed by atoms with van der Waals surface area (Å²) in [5, 5.41) is 27.4. The predicted octanol–water partition coefficient (Wildman–Crippen LogP) is 0.789. The monoisotopic (exact) mass is 281 g/mol. The van der Waals surface area contributed by atoms with Gasteiger partial charge in [0, 0.05) is 17.6 Å². The summed E-state index contributed by atoms with van der Waals surface area (Å²) in [5.41, 5.74) is 2.05. The van der Waals surface area contributed by atoms with Crippen LogP contribution in [0.5, 0.6) is 5.75 Å². The smallest absolute Gasteiger partial charge is 0.267 e. The number of aliphatic hydroxyl groups is 2. The molecule has 0 spiro atoms. The van der Waals surface area contributed by atoms with Gasteiger partial charge in [-0.05, 0) is 6.07 Å². The Balaban J connectivity index is 2.82. The Morgan fingerprint density at radius 3 is 2.80 bits per heavy atom. The number of carbonyl (C=O) groups is 1. The Morgan fingerprint density at radius 2 is 2.15 bits per heavy atom. The lowest BCUT2D eigenvalue weighted by molar-refractivity contribution is -0.124. The van der Waals surface area contributed by atoms with E-state index in [0.29, 0.717) is 11.3 Å². The third kappa shape index (κ3) is 4.65. The molecule has 0 bridgehead atoms. The van der Waals surface area contributed by atoms with Crippen molar-refractivity contribution in [1.29, 1.82) is 0 Å². The molecule has 110 valence electrons. The van der Waals surface area contributed by atoms with Crippen molar-refractivity contribution < 1.29 is 25.0 Å². The number of carbonyl (C=O) groups excluding carboxylic acids is 1. The van der Waals surface area contributed by atoms with Crippen LogP contribution in [0.4, 0.5) is 0 Å². The van der Waals surface area contributed by atoms with Crippen LogP contribution in [0.2, 0.25) is 0 Å². The summed E-state index contributed by atoms with van der Waals surface area (Å²) in [7, 11) is 0.